The van der Waals surface area contributed by atoms with E-state index in [2.05, 4.69) is 32.9 Å². The lowest BCUT2D eigenvalue weighted by Gasteiger charge is -2.19. The molecule has 0 aliphatic carbocycles. The quantitative estimate of drug-likeness (QED) is 0.803. The van der Waals surface area contributed by atoms with Gasteiger partial charge in [0.2, 0.25) is 0 Å². The molecule has 0 unspecified atom stereocenters. The molecule has 0 bridgehead atoms. The van der Waals surface area contributed by atoms with Crippen LogP contribution in [0, 0.1) is 13.8 Å². The van der Waals surface area contributed by atoms with E-state index in [0.29, 0.717) is 0 Å². The zero-order chi connectivity index (χ0) is 12.1. The second-order valence-electron chi connectivity index (χ2n) is 4.58. The first-order valence-electron chi connectivity index (χ1n) is 6.07. The third-order valence-corrected chi connectivity index (χ3v) is 3.18. The Bertz CT molecular complexity index is 336. The summed E-state index contributed by atoms with van der Waals surface area (Å²) in [5.41, 5.74) is 9.58. The smallest absolute Gasteiger partial charge is 0.0732 e. The maximum atomic E-state index is 9.94. The summed E-state index contributed by atoms with van der Waals surface area (Å²) in [5, 5.41) is 9.94. The topological polar surface area (TPSA) is 46.2 Å². The average Bonchev–Trinajstić information content (AvgIpc) is 2.28. The van der Waals surface area contributed by atoms with Crippen LogP contribution in [0.2, 0.25) is 0 Å². The van der Waals surface area contributed by atoms with Gasteiger partial charge in [-0.15, -0.1) is 0 Å². The molecule has 2 heteroatoms. The molecule has 2 atom stereocenters. The zero-order valence-electron chi connectivity index (χ0n) is 10.5. The molecule has 0 aromatic heterocycles. The van der Waals surface area contributed by atoms with E-state index in [1.54, 1.807) is 0 Å². The van der Waals surface area contributed by atoms with Crippen molar-refractivity contribution < 1.29 is 5.11 Å². The molecule has 0 amide bonds. The molecule has 16 heavy (non-hydrogen) atoms. The van der Waals surface area contributed by atoms with E-state index < -0.39 is 6.10 Å². The number of hydrogen-bond donors (Lipinski definition) is 2. The Hall–Kier alpha value is -0.860. The van der Waals surface area contributed by atoms with Gasteiger partial charge >= 0.3 is 0 Å². The summed E-state index contributed by atoms with van der Waals surface area (Å²) < 4.78 is 0. The van der Waals surface area contributed by atoms with Gasteiger partial charge in [-0.3, -0.25) is 0 Å². The van der Waals surface area contributed by atoms with Crippen LogP contribution in [-0.2, 0) is 0 Å². The molecule has 0 radical (unpaired) electrons. The molecule has 2 nitrogen and oxygen atoms in total. The van der Waals surface area contributed by atoms with Crippen LogP contribution in [0.25, 0.3) is 0 Å². The Labute approximate surface area is 98.5 Å². The highest BCUT2D eigenvalue weighted by Crippen LogP contribution is 2.20. The summed E-state index contributed by atoms with van der Waals surface area (Å²) in [6.07, 6.45) is 2.48. The molecular formula is C14H23NO. The highest BCUT2D eigenvalue weighted by molar-refractivity contribution is 5.32. The van der Waals surface area contributed by atoms with Crippen molar-refractivity contribution in [3.8, 4) is 0 Å². The minimum atomic E-state index is -0.429. The number of aliphatic hydroxyl groups is 1. The van der Waals surface area contributed by atoms with Gasteiger partial charge in [0.25, 0.3) is 0 Å². The van der Waals surface area contributed by atoms with Gasteiger partial charge in [-0.05, 0) is 37.0 Å². The molecule has 0 aliphatic rings. The normalized spacial score (nSPS) is 14.8. The highest BCUT2D eigenvalue weighted by Gasteiger charge is 2.16. The number of aryl methyl sites for hydroxylation is 2. The molecule has 1 aromatic carbocycles. The van der Waals surface area contributed by atoms with Crippen LogP contribution in [0.3, 0.4) is 0 Å². The lowest BCUT2D eigenvalue weighted by molar-refractivity contribution is 0.132. The Balaban J connectivity index is 2.71. The van der Waals surface area contributed by atoms with Crippen LogP contribution in [-0.4, -0.2) is 11.2 Å². The molecule has 0 spiro atoms. The number of benzene rings is 1. The Kier molecular flexibility index (Phi) is 4.97. The summed E-state index contributed by atoms with van der Waals surface area (Å²) in [4.78, 5) is 0. The van der Waals surface area contributed by atoms with E-state index in [4.69, 9.17) is 5.73 Å². The van der Waals surface area contributed by atoms with Gasteiger partial charge in [0.05, 0.1) is 12.1 Å². The van der Waals surface area contributed by atoms with Gasteiger partial charge in [0.1, 0.15) is 0 Å². The van der Waals surface area contributed by atoms with Gasteiger partial charge in [-0.25, -0.2) is 0 Å². The van der Waals surface area contributed by atoms with Crippen LogP contribution in [0.15, 0.2) is 18.2 Å². The van der Waals surface area contributed by atoms with Crippen molar-refractivity contribution in [1.29, 1.82) is 0 Å². The Morgan fingerprint density at radius 3 is 2.50 bits per heavy atom. The lowest BCUT2D eigenvalue weighted by atomic mass is 9.96. The first-order valence-corrected chi connectivity index (χ1v) is 6.07. The van der Waals surface area contributed by atoms with Crippen LogP contribution in [0.1, 0.15) is 48.9 Å². The van der Waals surface area contributed by atoms with Crippen LogP contribution in [0.5, 0.6) is 0 Å². The number of aliphatic hydroxyl groups excluding tert-OH is 1. The number of hydrogen-bond acceptors (Lipinski definition) is 2. The Morgan fingerprint density at radius 2 is 1.94 bits per heavy atom. The Morgan fingerprint density at radius 1 is 1.25 bits per heavy atom. The third kappa shape index (κ3) is 3.32. The van der Waals surface area contributed by atoms with Crippen molar-refractivity contribution >= 4 is 0 Å². The molecule has 3 N–H and O–H groups in total. The standard InChI is InChI=1S/C14H23NO/c1-4-5-6-13(16)14(15)12-8-7-10(2)11(3)9-12/h7-9,13-14,16H,4-6,15H2,1-3H3/t13-,14+/m0/s1. The predicted molar refractivity (Wildman–Crippen MR) is 68.4 cm³/mol. The van der Waals surface area contributed by atoms with E-state index >= 15 is 0 Å². The van der Waals surface area contributed by atoms with Gasteiger partial charge in [0.15, 0.2) is 0 Å². The molecule has 1 aromatic rings. The summed E-state index contributed by atoms with van der Waals surface area (Å²) in [6.45, 7) is 6.27. The van der Waals surface area contributed by atoms with Crippen LogP contribution >= 0.6 is 0 Å². The number of nitrogens with two attached hydrogens (primary N) is 1. The average molecular weight is 221 g/mol. The minimum Gasteiger partial charge on any atom is -0.391 e. The van der Waals surface area contributed by atoms with E-state index in [9.17, 15) is 5.11 Å². The van der Waals surface area contributed by atoms with Gasteiger partial charge in [-0.2, -0.15) is 0 Å². The van der Waals surface area contributed by atoms with Crippen molar-refractivity contribution in [1.82, 2.24) is 0 Å². The second kappa shape index (κ2) is 6.02. The monoisotopic (exact) mass is 221 g/mol. The van der Waals surface area contributed by atoms with Gasteiger partial charge in [-0.1, -0.05) is 38.0 Å². The largest absolute Gasteiger partial charge is 0.391 e. The van der Waals surface area contributed by atoms with Crippen molar-refractivity contribution in [3.63, 3.8) is 0 Å². The van der Waals surface area contributed by atoms with Gasteiger partial charge in [0, 0.05) is 0 Å². The molecule has 0 aliphatic heterocycles. The predicted octanol–water partition coefficient (Wildman–Crippen LogP) is 2.85. The lowest BCUT2D eigenvalue weighted by Crippen LogP contribution is -2.26. The number of rotatable bonds is 5. The van der Waals surface area contributed by atoms with E-state index in [1.807, 2.05) is 6.07 Å². The maximum Gasteiger partial charge on any atom is 0.0732 e. The first-order chi connectivity index (χ1) is 7.56. The fraction of sp³-hybridized carbons (Fsp3) is 0.571. The molecule has 1 rings (SSSR count). The molecule has 0 fully saturated rings. The second-order valence-corrected chi connectivity index (χ2v) is 4.58. The number of unbranched alkanes of at least 4 members (excludes halogenated alkanes) is 1. The summed E-state index contributed by atoms with van der Waals surface area (Å²) >= 11 is 0. The first kappa shape index (κ1) is 13.2. The van der Waals surface area contributed by atoms with E-state index in [-0.39, 0.29) is 6.04 Å². The van der Waals surface area contributed by atoms with Crippen molar-refractivity contribution in [2.45, 2.75) is 52.2 Å². The fourth-order valence-electron chi connectivity index (χ4n) is 1.79. The maximum absolute atomic E-state index is 9.94. The van der Waals surface area contributed by atoms with Crippen LogP contribution < -0.4 is 5.73 Å². The molecule has 0 heterocycles. The fourth-order valence-corrected chi connectivity index (χ4v) is 1.79. The SMILES string of the molecule is CCCC[C@H](O)[C@H](N)c1ccc(C)c(C)c1. The summed E-state index contributed by atoms with van der Waals surface area (Å²) in [6, 6.07) is 5.90. The van der Waals surface area contributed by atoms with Crippen molar-refractivity contribution in [3.05, 3.63) is 34.9 Å². The van der Waals surface area contributed by atoms with E-state index in [1.165, 1.54) is 11.1 Å². The highest BCUT2D eigenvalue weighted by atomic mass is 16.3. The molecular weight excluding hydrogens is 198 g/mol. The third-order valence-electron chi connectivity index (χ3n) is 3.18. The minimum absolute atomic E-state index is 0.258. The van der Waals surface area contributed by atoms with Crippen molar-refractivity contribution in [2.75, 3.05) is 0 Å². The molecule has 0 saturated heterocycles. The zero-order valence-corrected chi connectivity index (χ0v) is 10.5. The summed E-state index contributed by atoms with van der Waals surface area (Å²) in [5.74, 6) is 0. The molecule has 0 saturated carbocycles. The van der Waals surface area contributed by atoms with Crippen LogP contribution in [0.4, 0.5) is 0 Å². The van der Waals surface area contributed by atoms with Crippen molar-refractivity contribution in [2.24, 2.45) is 5.73 Å². The van der Waals surface area contributed by atoms with Gasteiger partial charge < -0.3 is 10.8 Å². The molecule has 90 valence electrons. The summed E-state index contributed by atoms with van der Waals surface area (Å²) in [7, 11) is 0. The van der Waals surface area contributed by atoms with E-state index in [0.717, 1.165) is 24.8 Å².